The summed E-state index contributed by atoms with van der Waals surface area (Å²) in [6, 6.07) is 29.2. The third-order valence-corrected chi connectivity index (χ3v) is 10.0. The van der Waals surface area contributed by atoms with Crippen molar-refractivity contribution in [2.24, 2.45) is 17.3 Å². The normalized spacial score (nSPS) is 23.3. The van der Waals surface area contributed by atoms with Crippen molar-refractivity contribution >= 4 is 5.57 Å². The number of rotatable bonds is 5. The molecule has 4 aliphatic rings. The molecule has 0 bridgehead atoms. The van der Waals surface area contributed by atoms with Crippen molar-refractivity contribution in [3.8, 4) is 33.9 Å². The Morgan fingerprint density at radius 2 is 1.33 bits per heavy atom. The van der Waals surface area contributed by atoms with Crippen molar-refractivity contribution in [2.45, 2.75) is 33.1 Å². The van der Waals surface area contributed by atoms with E-state index in [2.05, 4.69) is 129 Å². The molecule has 0 radical (unpaired) electrons. The number of allylic oxidation sites excluding steroid dienone is 14. The Morgan fingerprint density at radius 1 is 0.696 bits per heavy atom. The predicted molar refractivity (Wildman–Crippen MR) is 189 cm³/mol. The molecule has 3 aromatic carbocycles. The fraction of sp³-hybridized carbons (Fsp3) is 0.186. The molecule has 0 saturated heterocycles. The first-order valence-electron chi connectivity index (χ1n) is 16.4. The van der Waals surface area contributed by atoms with E-state index in [-0.39, 0.29) is 11.3 Å². The molecule has 3 unspecified atom stereocenters. The van der Waals surface area contributed by atoms with Crippen LogP contribution in [0.15, 0.2) is 162 Å². The highest BCUT2D eigenvalue weighted by molar-refractivity contribution is 5.73. The number of fused-ring (bicyclic) bond motifs is 2. The van der Waals surface area contributed by atoms with E-state index in [0.717, 1.165) is 41.8 Å². The van der Waals surface area contributed by atoms with Gasteiger partial charge in [-0.25, -0.2) is 15.0 Å². The highest BCUT2D eigenvalue weighted by atomic mass is 15.0. The SMILES string of the molecule is CC1CC(C2=CC3=C(C=CCC3)C3C=CC=CC23C)=CC=C1c1nc(-c2ccccc2)nc(-c2ccc(-c3ccccc3)cc2)n1. The van der Waals surface area contributed by atoms with Crippen LogP contribution < -0.4 is 0 Å². The monoisotopic (exact) mass is 595 g/mol. The molecular formula is C43H37N3. The lowest BCUT2D eigenvalue weighted by atomic mass is 9.59. The van der Waals surface area contributed by atoms with Crippen LogP contribution in [0.4, 0.5) is 0 Å². The molecule has 8 rings (SSSR count). The Morgan fingerprint density at radius 3 is 2.04 bits per heavy atom. The maximum absolute atomic E-state index is 5.11. The fourth-order valence-electron chi connectivity index (χ4n) is 7.50. The van der Waals surface area contributed by atoms with Gasteiger partial charge in [0.25, 0.3) is 0 Å². The van der Waals surface area contributed by atoms with Crippen LogP contribution >= 0.6 is 0 Å². The van der Waals surface area contributed by atoms with Crippen LogP contribution in [0.3, 0.4) is 0 Å². The minimum absolute atomic E-state index is 0.0567. The summed E-state index contributed by atoms with van der Waals surface area (Å²) in [7, 11) is 0. The van der Waals surface area contributed by atoms with Gasteiger partial charge in [0.2, 0.25) is 0 Å². The summed E-state index contributed by atoms with van der Waals surface area (Å²) in [4.78, 5) is 15.2. The van der Waals surface area contributed by atoms with Gasteiger partial charge in [0.15, 0.2) is 17.5 Å². The van der Waals surface area contributed by atoms with E-state index in [1.807, 2.05) is 24.3 Å². The number of nitrogens with zero attached hydrogens (tertiary/aromatic N) is 3. The van der Waals surface area contributed by atoms with Crippen LogP contribution in [0, 0.1) is 17.3 Å². The molecule has 46 heavy (non-hydrogen) atoms. The third-order valence-electron chi connectivity index (χ3n) is 10.0. The van der Waals surface area contributed by atoms with E-state index in [1.165, 1.54) is 33.4 Å². The molecule has 0 fully saturated rings. The van der Waals surface area contributed by atoms with Crippen LogP contribution in [0.1, 0.15) is 38.9 Å². The van der Waals surface area contributed by atoms with Gasteiger partial charge in [-0.05, 0) is 58.6 Å². The average Bonchev–Trinajstić information content (AvgIpc) is 3.11. The van der Waals surface area contributed by atoms with Gasteiger partial charge in [-0.1, -0.05) is 153 Å². The van der Waals surface area contributed by atoms with Crippen molar-refractivity contribution in [1.29, 1.82) is 0 Å². The molecular weight excluding hydrogens is 558 g/mol. The molecule has 3 heteroatoms. The van der Waals surface area contributed by atoms with Crippen LogP contribution in [0.5, 0.6) is 0 Å². The molecule has 0 saturated carbocycles. The maximum Gasteiger partial charge on any atom is 0.164 e. The molecule has 4 aromatic rings. The summed E-state index contributed by atoms with van der Waals surface area (Å²) in [5.74, 6) is 2.78. The molecule has 3 nitrogen and oxygen atoms in total. The molecule has 224 valence electrons. The molecule has 0 N–H and O–H groups in total. The molecule has 3 atom stereocenters. The summed E-state index contributed by atoms with van der Waals surface area (Å²) in [5.41, 5.74) is 11.3. The molecule has 0 aliphatic heterocycles. The van der Waals surface area contributed by atoms with E-state index in [0.29, 0.717) is 17.6 Å². The van der Waals surface area contributed by atoms with Crippen LogP contribution in [0.25, 0.3) is 39.5 Å². The topological polar surface area (TPSA) is 38.7 Å². The van der Waals surface area contributed by atoms with Gasteiger partial charge in [0, 0.05) is 28.0 Å². The number of hydrogen-bond donors (Lipinski definition) is 0. The highest BCUT2D eigenvalue weighted by Crippen LogP contribution is 2.54. The Balaban J connectivity index is 1.20. The summed E-state index contributed by atoms with van der Waals surface area (Å²) in [6.07, 6.45) is 24.2. The second kappa shape index (κ2) is 11.7. The van der Waals surface area contributed by atoms with Crippen LogP contribution in [0.2, 0.25) is 0 Å². The summed E-state index contributed by atoms with van der Waals surface area (Å²) >= 11 is 0. The van der Waals surface area contributed by atoms with Gasteiger partial charge in [-0.2, -0.15) is 0 Å². The fourth-order valence-corrected chi connectivity index (χ4v) is 7.50. The largest absolute Gasteiger partial charge is 0.209 e. The molecule has 1 heterocycles. The molecule has 1 aromatic heterocycles. The minimum Gasteiger partial charge on any atom is -0.209 e. The lowest BCUT2D eigenvalue weighted by Crippen LogP contribution is -2.34. The van der Waals surface area contributed by atoms with Gasteiger partial charge >= 0.3 is 0 Å². The van der Waals surface area contributed by atoms with Gasteiger partial charge < -0.3 is 0 Å². The van der Waals surface area contributed by atoms with E-state index in [9.17, 15) is 0 Å². The van der Waals surface area contributed by atoms with Crippen molar-refractivity contribution in [2.75, 3.05) is 0 Å². The van der Waals surface area contributed by atoms with Crippen molar-refractivity contribution < 1.29 is 0 Å². The Hall–Kier alpha value is -5.15. The van der Waals surface area contributed by atoms with Crippen LogP contribution in [-0.2, 0) is 0 Å². The zero-order valence-electron chi connectivity index (χ0n) is 26.4. The van der Waals surface area contributed by atoms with Gasteiger partial charge in [-0.3, -0.25) is 0 Å². The van der Waals surface area contributed by atoms with E-state index < -0.39 is 0 Å². The molecule has 4 aliphatic carbocycles. The first-order valence-corrected chi connectivity index (χ1v) is 16.4. The maximum atomic E-state index is 5.11. The summed E-state index contributed by atoms with van der Waals surface area (Å²) in [5, 5.41) is 0. The lowest BCUT2D eigenvalue weighted by molar-refractivity contribution is 0.404. The van der Waals surface area contributed by atoms with Crippen molar-refractivity contribution in [3.05, 3.63) is 168 Å². The summed E-state index contributed by atoms with van der Waals surface area (Å²) < 4.78 is 0. The Bertz CT molecular complexity index is 2020. The van der Waals surface area contributed by atoms with Crippen LogP contribution in [-0.4, -0.2) is 15.0 Å². The Kier molecular flexibility index (Phi) is 7.18. The second-order valence-corrected chi connectivity index (χ2v) is 13.0. The third kappa shape index (κ3) is 5.06. The van der Waals surface area contributed by atoms with Gasteiger partial charge in [0.05, 0.1) is 0 Å². The van der Waals surface area contributed by atoms with E-state index in [4.69, 9.17) is 15.0 Å². The van der Waals surface area contributed by atoms with Crippen molar-refractivity contribution in [3.63, 3.8) is 0 Å². The quantitative estimate of drug-likeness (QED) is 0.230. The zero-order valence-corrected chi connectivity index (χ0v) is 26.4. The molecule has 0 amide bonds. The van der Waals surface area contributed by atoms with Gasteiger partial charge in [-0.15, -0.1) is 0 Å². The molecule has 0 spiro atoms. The number of aromatic nitrogens is 3. The number of hydrogen-bond acceptors (Lipinski definition) is 3. The first-order chi connectivity index (χ1) is 22.6. The number of benzene rings is 3. The van der Waals surface area contributed by atoms with Gasteiger partial charge in [0.1, 0.15) is 0 Å². The minimum atomic E-state index is -0.0567. The Labute approximate surface area is 271 Å². The first kappa shape index (κ1) is 28.3. The second-order valence-electron chi connectivity index (χ2n) is 13.0. The lowest BCUT2D eigenvalue weighted by Gasteiger charge is -2.44. The average molecular weight is 596 g/mol. The van der Waals surface area contributed by atoms with Crippen molar-refractivity contribution in [1.82, 2.24) is 15.0 Å². The predicted octanol–water partition coefficient (Wildman–Crippen LogP) is 10.6. The highest BCUT2D eigenvalue weighted by Gasteiger charge is 2.42. The summed E-state index contributed by atoms with van der Waals surface area (Å²) in [6.45, 7) is 4.72. The zero-order chi connectivity index (χ0) is 31.1. The van der Waals surface area contributed by atoms with E-state index >= 15 is 0 Å². The smallest absolute Gasteiger partial charge is 0.164 e. The standard InChI is InChI=1S/C43H37N3/c1-29-27-35(39-28-34-17-9-10-18-37(34)38-19-11-12-26-43(38,39)2)24-25-36(29)42-45-40(32-15-7-4-8-16-32)44-41(46-42)33-22-20-31(21-23-33)30-13-5-3-6-14-30/h3-8,10-16,18-26,28-29,38H,9,17,27H2,1-2H3. The van der Waals surface area contributed by atoms with E-state index in [1.54, 1.807) is 0 Å².